The van der Waals surface area contributed by atoms with Gasteiger partial charge in [-0.2, -0.15) is 0 Å². The van der Waals surface area contributed by atoms with Gasteiger partial charge in [0, 0.05) is 17.4 Å². The maximum atomic E-state index is 6.28. The molecule has 0 aromatic carbocycles. The third-order valence-electron chi connectivity index (χ3n) is 3.71. The van der Waals surface area contributed by atoms with Crippen LogP contribution in [0, 0.1) is 0 Å². The van der Waals surface area contributed by atoms with Gasteiger partial charge in [-0.3, -0.25) is 0 Å². The van der Waals surface area contributed by atoms with Gasteiger partial charge in [0.25, 0.3) is 0 Å². The van der Waals surface area contributed by atoms with Gasteiger partial charge in [0.2, 0.25) is 0 Å². The maximum absolute atomic E-state index is 6.28. The first kappa shape index (κ1) is 12.3. The largest absolute Gasteiger partial charge is 0.370 e. The molecule has 0 aliphatic heterocycles. The van der Waals surface area contributed by atoms with Gasteiger partial charge in [-0.05, 0) is 31.7 Å². The number of hydrogen-bond acceptors (Lipinski definition) is 4. The lowest BCUT2D eigenvalue weighted by Gasteiger charge is -2.38. The number of rotatable bonds is 3. The molecule has 18 heavy (non-hydrogen) atoms. The van der Waals surface area contributed by atoms with Crippen LogP contribution in [0.1, 0.15) is 36.9 Å². The molecule has 1 aliphatic carbocycles. The molecule has 1 aliphatic rings. The van der Waals surface area contributed by atoms with Gasteiger partial charge in [-0.25, -0.2) is 9.97 Å². The Morgan fingerprint density at radius 2 is 2.22 bits per heavy atom. The Labute approximate surface area is 115 Å². The molecule has 5 heteroatoms. The minimum absolute atomic E-state index is 0.297. The Hall–Kier alpha value is -0.710. The molecule has 0 unspecified atom stereocenters. The van der Waals surface area contributed by atoms with Crippen LogP contribution in [0.25, 0.3) is 10.2 Å². The summed E-state index contributed by atoms with van der Waals surface area (Å²) < 4.78 is 5.62. The number of aromatic nitrogens is 2. The van der Waals surface area contributed by atoms with Crippen LogP contribution in [0.15, 0.2) is 6.07 Å². The van der Waals surface area contributed by atoms with Crippen molar-refractivity contribution in [2.24, 2.45) is 0 Å². The second-order valence-electron chi connectivity index (χ2n) is 4.68. The summed E-state index contributed by atoms with van der Waals surface area (Å²) >= 11 is 7.97. The lowest BCUT2D eigenvalue weighted by atomic mass is 9.79. The molecule has 0 bridgehead atoms. The number of thiophene rings is 1. The van der Waals surface area contributed by atoms with Crippen LogP contribution in [0.4, 0.5) is 0 Å². The zero-order chi connectivity index (χ0) is 12.8. The second-order valence-corrected chi connectivity index (χ2v) is 6.15. The Morgan fingerprint density at radius 3 is 2.78 bits per heavy atom. The minimum atomic E-state index is -0.297. The first-order valence-electron chi connectivity index (χ1n) is 6.20. The van der Waals surface area contributed by atoms with Crippen molar-refractivity contribution < 1.29 is 4.74 Å². The predicted octanol–water partition coefficient (Wildman–Crippen LogP) is 3.93. The molecule has 0 saturated heterocycles. The molecule has 96 valence electrons. The van der Waals surface area contributed by atoms with E-state index in [0.29, 0.717) is 5.15 Å². The van der Waals surface area contributed by atoms with Crippen molar-refractivity contribution in [3.63, 3.8) is 0 Å². The third kappa shape index (κ3) is 1.75. The molecule has 0 spiro atoms. The monoisotopic (exact) mass is 282 g/mol. The van der Waals surface area contributed by atoms with E-state index in [9.17, 15) is 0 Å². The molecular formula is C13H15ClN2OS. The predicted molar refractivity (Wildman–Crippen MR) is 74.3 cm³/mol. The molecule has 1 saturated carbocycles. The van der Waals surface area contributed by atoms with Crippen LogP contribution in [-0.2, 0) is 16.8 Å². The van der Waals surface area contributed by atoms with Crippen molar-refractivity contribution in [2.75, 3.05) is 7.11 Å². The summed E-state index contributed by atoms with van der Waals surface area (Å²) in [6.45, 7) is 2.13. The van der Waals surface area contributed by atoms with Crippen LogP contribution in [0.3, 0.4) is 0 Å². The van der Waals surface area contributed by atoms with Gasteiger partial charge < -0.3 is 4.74 Å². The van der Waals surface area contributed by atoms with Crippen molar-refractivity contribution in [3.8, 4) is 0 Å². The highest BCUT2D eigenvalue weighted by atomic mass is 35.5. The zero-order valence-electron chi connectivity index (χ0n) is 10.5. The summed E-state index contributed by atoms with van der Waals surface area (Å²) in [5, 5.41) is 1.52. The fraction of sp³-hybridized carbons (Fsp3) is 0.538. The van der Waals surface area contributed by atoms with Gasteiger partial charge in [-0.15, -0.1) is 11.3 Å². The minimum Gasteiger partial charge on any atom is -0.370 e. The van der Waals surface area contributed by atoms with Crippen LogP contribution >= 0.6 is 22.9 Å². The Balaban J connectivity index is 2.14. The van der Waals surface area contributed by atoms with Crippen LogP contribution in [0.5, 0.6) is 0 Å². The summed E-state index contributed by atoms with van der Waals surface area (Å²) in [5.74, 6) is 0.748. The maximum Gasteiger partial charge on any atom is 0.163 e. The van der Waals surface area contributed by atoms with Gasteiger partial charge in [0.05, 0.1) is 0 Å². The topological polar surface area (TPSA) is 35.0 Å². The van der Waals surface area contributed by atoms with Crippen LogP contribution in [-0.4, -0.2) is 17.1 Å². The van der Waals surface area contributed by atoms with E-state index < -0.39 is 0 Å². The quantitative estimate of drug-likeness (QED) is 0.800. The fourth-order valence-electron chi connectivity index (χ4n) is 2.33. The second kappa shape index (κ2) is 4.44. The summed E-state index contributed by atoms with van der Waals surface area (Å²) in [5.41, 5.74) is -0.297. The molecule has 3 rings (SSSR count). The smallest absolute Gasteiger partial charge is 0.163 e. The van der Waals surface area contributed by atoms with Gasteiger partial charge >= 0.3 is 0 Å². The van der Waals surface area contributed by atoms with Gasteiger partial charge in [0.15, 0.2) is 5.82 Å². The third-order valence-corrected chi connectivity index (χ3v) is 5.17. The van der Waals surface area contributed by atoms with Crippen molar-refractivity contribution >= 4 is 33.2 Å². The number of aryl methyl sites for hydroxylation is 1. The van der Waals surface area contributed by atoms with Crippen molar-refractivity contribution in [1.29, 1.82) is 0 Å². The highest BCUT2D eigenvalue weighted by molar-refractivity contribution is 7.18. The lowest BCUT2D eigenvalue weighted by Crippen LogP contribution is -2.38. The Kier molecular flexibility index (Phi) is 3.04. The number of halogens is 1. The lowest BCUT2D eigenvalue weighted by molar-refractivity contribution is -0.0843. The SMILES string of the molecule is CCc1cc2c(Cl)nc(C3(OC)CCC3)nc2s1. The molecule has 2 heterocycles. The normalized spacial score (nSPS) is 17.9. The van der Waals surface area contributed by atoms with Crippen molar-refractivity contribution in [3.05, 3.63) is 21.9 Å². The number of nitrogens with zero attached hydrogens (tertiary/aromatic N) is 2. The standard InChI is InChI=1S/C13H15ClN2OS/c1-3-8-7-9-10(14)15-12(16-11(9)18-8)13(17-2)5-4-6-13/h7H,3-6H2,1-2H3. The summed E-state index contributed by atoms with van der Waals surface area (Å²) in [4.78, 5) is 11.4. The van der Waals surface area contributed by atoms with Crippen LogP contribution in [0.2, 0.25) is 5.15 Å². The van der Waals surface area contributed by atoms with Crippen molar-refractivity contribution in [2.45, 2.75) is 38.2 Å². The molecule has 2 aromatic rings. The Morgan fingerprint density at radius 1 is 1.44 bits per heavy atom. The molecule has 2 aromatic heterocycles. The molecule has 0 radical (unpaired) electrons. The van der Waals surface area contributed by atoms with Gasteiger partial charge in [-0.1, -0.05) is 18.5 Å². The van der Waals surface area contributed by atoms with E-state index in [-0.39, 0.29) is 5.60 Å². The highest BCUT2D eigenvalue weighted by Gasteiger charge is 2.42. The number of methoxy groups -OCH3 is 1. The molecular weight excluding hydrogens is 268 g/mol. The van der Waals surface area contributed by atoms with Crippen molar-refractivity contribution in [1.82, 2.24) is 9.97 Å². The van der Waals surface area contributed by atoms with E-state index in [1.54, 1.807) is 18.4 Å². The molecule has 0 amide bonds. The average molecular weight is 283 g/mol. The van der Waals surface area contributed by atoms with Crippen LogP contribution < -0.4 is 0 Å². The molecule has 0 atom stereocenters. The summed E-state index contributed by atoms with van der Waals surface area (Å²) in [6, 6.07) is 2.09. The van der Waals surface area contributed by atoms with E-state index in [1.165, 1.54) is 4.88 Å². The van der Waals surface area contributed by atoms with E-state index in [1.807, 2.05) is 0 Å². The fourth-order valence-corrected chi connectivity index (χ4v) is 3.58. The van der Waals surface area contributed by atoms with E-state index in [2.05, 4.69) is 23.0 Å². The Bertz CT molecular complexity index is 586. The van der Waals surface area contributed by atoms with E-state index >= 15 is 0 Å². The van der Waals surface area contributed by atoms with E-state index in [4.69, 9.17) is 16.3 Å². The van der Waals surface area contributed by atoms with E-state index in [0.717, 1.165) is 41.7 Å². The number of ether oxygens (including phenoxy) is 1. The molecule has 3 nitrogen and oxygen atoms in total. The molecule has 1 fully saturated rings. The highest BCUT2D eigenvalue weighted by Crippen LogP contribution is 2.44. The number of fused-ring (bicyclic) bond motifs is 1. The number of hydrogen-bond donors (Lipinski definition) is 0. The first-order chi connectivity index (χ1) is 8.68. The zero-order valence-corrected chi connectivity index (χ0v) is 12.1. The first-order valence-corrected chi connectivity index (χ1v) is 7.39. The van der Waals surface area contributed by atoms with Gasteiger partial charge in [0.1, 0.15) is 15.6 Å². The summed E-state index contributed by atoms with van der Waals surface area (Å²) in [7, 11) is 1.73. The summed E-state index contributed by atoms with van der Waals surface area (Å²) in [6.07, 6.45) is 4.13. The molecule has 0 N–H and O–H groups in total. The average Bonchev–Trinajstić information content (AvgIpc) is 2.72.